The van der Waals surface area contributed by atoms with E-state index >= 15 is 0 Å². The lowest BCUT2D eigenvalue weighted by atomic mass is 9.86. The Balaban J connectivity index is 1.70. The molecule has 2 aromatic carbocycles. The first-order chi connectivity index (χ1) is 16.0. The van der Waals surface area contributed by atoms with Gasteiger partial charge in [-0.1, -0.05) is 12.1 Å². The van der Waals surface area contributed by atoms with Gasteiger partial charge in [0.15, 0.2) is 6.61 Å². The van der Waals surface area contributed by atoms with E-state index < -0.39 is 24.0 Å². The van der Waals surface area contributed by atoms with Gasteiger partial charge in [-0.05, 0) is 49.7 Å². The molecule has 174 valence electrons. The van der Waals surface area contributed by atoms with Crippen LogP contribution in [-0.4, -0.2) is 23.7 Å². The molecule has 0 unspecified atom stereocenters. The summed E-state index contributed by atoms with van der Waals surface area (Å²) in [4.78, 5) is 18.9. The molecule has 2 heterocycles. The molecule has 1 amide bonds. The van der Waals surface area contributed by atoms with Crippen molar-refractivity contribution in [2.75, 3.05) is 11.5 Å². The van der Waals surface area contributed by atoms with Crippen LogP contribution in [0.1, 0.15) is 35.3 Å². The second-order valence-electron chi connectivity index (χ2n) is 8.40. The largest absolute Gasteiger partial charge is 0.483 e. The van der Waals surface area contributed by atoms with E-state index in [9.17, 15) is 27.6 Å². The molecule has 1 aliphatic rings. The molecule has 0 saturated carbocycles. The Morgan fingerprint density at radius 3 is 2.44 bits per heavy atom. The van der Waals surface area contributed by atoms with Crippen LogP contribution in [0.25, 0.3) is 11.3 Å². The fourth-order valence-corrected chi connectivity index (χ4v) is 3.76. The lowest BCUT2D eigenvalue weighted by molar-refractivity contribution is -0.153. The highest BCUT2D eigenvalue weighted by Crippen LogP contribution is 2.38. The molecule has 34 heavy (non-hydrogen) atoms. The Bertz CT molecular complexity index is 1290. The van der Waals surface area contributed by atoms with E-state index in [0.717, 1.165) is 17.7 Å². The van der Waals surface area contributed by atoms with Crippen LogP contribution in [0.15, 0.2) is 54.7 Å². The van der Waals surface area contributed by atoms with Crippen LogP contribution in [0.5, 0.6) is 5.75 Å². The van der Waals surface area contributed by atoms with Crippen LogP contribution in [-0.2, 0) is 12.0 Å². The van der Waals surface area contributed by atoms with E-state index in [1.165, 1.54) is 23.2 Å². The molecular formula is C25H19F4N3O2. The summed E-state index contributed by atoms with van der Waals surface area (Å²) in [5.41, 5.74) is 1.94. The van der Waals surface area contributed by atoms with Gasteiger partial charge in [0.1, 0.15) is 11.6 Å². The Labute approximate surface area is 193 Å². The van der Waals surface area contributed by atoms with Crippen molar-refractivity contribution in [1.29, 1.82) is 5.26 Å². The Morgan fingerprint density at radius 1 is 1.09 bits per heavy atom. The predicted molar refractivity (Wildman–Crippen MR) is 117 cm³/mol. The van der Waals surface area contributed by atoms with Crippen molar-refractivity contribution in [1.82, 2.24) is 4.98 Å². The van der Waals surface area contributed by atoms with Crippen LogP contribution in [0.3, 0.4) is 0 Å². The quantitative estimate of drug-likeness (QED) is 0.444. The average molecular weight is 469 g/mol. The monoisotopic (exact) mass is 469 g/mol. The number of alkyl halides is 3. The number of halogens is 4. The van der Waals surface area contributed by atoms with Crippen molar-refractivity contribution in [3.05, 3.63) is 77.2 Å². The molecule has 0 N–H and O–H groups in total. The number of nitriles is 1. The number of anilines is 1. The Kier molecular flexibility index (Phi) is 5.77. The van der Waals surface area contributed by atoms with Crippen LogP contribution < -0.4 is 9.64 Å². The fraction of sp³-hybridized carbons (Fsp3) is 0.240. The number of rotatable bonds is 5. The lowest BCUT2D eigenvalue weighted by Crippen LogP contribution is -2.23. The summed E-state index contributed by atoms with van der Waals surface area (Å²) in [7, 11) is 0. The molecule has 5 nitrogen and oxygen atoms in total. The summed E-state index contributed by atoms with van der Waals surface area (Å²) in [5, 5.41) is 9.33. The summed E-state index contributed by atoms with van der Waals surface area (Å²) >= 11 is 0. The molecular weight excluding hydrogens is 450 g/mol. The number of aromatic nitrogens is 1. The maximum absolute atomic E-state index is 13.8. The number of ether oxygens (including phenoxy) is 1. The molecule has 1 aromatic heterocycles. The average Bonchev–Trinajstić information content (AvgIpc) is 3.14. The van der Waals surface area contributed by atoms with Gasteiger partial charge >= 0.3 is 6.18 Å². The van der Waals surface area contributed by atoms with Crippen molar-refractivity contribution in [2.45, 2.75) is 32.0 Å². The third-order valence-electron chi connectivity index (χ3n) is 5.62. The maximum atomic E-state index is 13.8. The minimum absolute atomic E-state index is 0.119. The van der Waals surface area contributed by atoms with Crippen molar-refractivity contribution in [2.24, 2.45) is 0 Å². The van der Waals surface area contributed by atoms with Crippen molar-refractivity contribution in [3.8, 4) is 23.1 Å². The molecule has 0 radical (unpaired) electrons. The van der Waals surface area contributed by atoms with E-state index in [-0.39, 0.29) is 29.5 Å². The van der Waals surface area contributed by atoms with Crippen LogP contribution in [0.2, 0.25) is 0 Å². The van der Waals surface area contributed by atoms with Gasteiger partial charge in [0.25, 0.3) is 5.91 Å². The zero-order chi connectivity index (χ0) is 24.7. The molecule has 0 fully saturated rings. The zero-order valence-corrected chi connectivity index (χ0v) is 18.3. The normalized spacial score (nSPS) is 13.6. The first-order valence-corrected chi connectivity index (χ1v) is 10.3. The van der Waals surface area contributed by atoms with Crippen LogP contribution in [0, 0.1) is 17.1 Å². The number of carbonyl (C=O) groups excluding carboxylic acids is 1. The van der Waals surface area contributed by atoms with Gasteiger partial charge < -0.3 is 9.64 Å². The summed E-state index contributed by atoms with van der Waals surface area (Å²) < 4.78 is 56.8. The number of hydrogen-bond donors (Lipinski definition) is 0. The fourth-order valence-electron chi connectivity index (χ4n) is 3.76. The SMILES string of the molecule is CC(C)(C#N)c1ccc(N2Cc3c(ccnc3-c3ccc(F)cc3OCC(F)(F)F)C2=O)cc1. The third kappa shape index (κ3) is 4.44. The molecule has 0 spiro atoms. The zero-order valence-electron chi connectivity index (χ0n) is 18.3. The molecule has 4 rings (SSSR count). The first kappa shape index (κ1) is 23.2. The smallest absolute Gasteiger partial charge is 0.422 e. The molecule has 0 aliphatic carbocycles. The number of nitrogens with zero attached hydrogens (tertiary/aromatic N) is 3. The first-order valence-electron chi connectivity index (χ1n) is 10.3. The number of pyridine rings is 1. The molecule has 1 aliphatic heterocycles. The Morgan fingerprint density at radius 2 is 1.79 bits per heavy atom. The molecule has 9 heteroatoms. The number of carbonyl (C=O) groups is 1. The van der Waals surface area contributed by atoms with Crippen LogP contribution >= 0.6 is 0 Å². The number of hydrogen-bond acceptors (Lipinski definition) is 4. The van der Waals surface area contributed by atoms with Gasteiger partial charge in [0.2, 0.25) is 0 Å². The molecule has 0 saturated heterocycles. The Hall–Kier alpha value is -3.93. The predicted octanol–water partition coefficient (Wildman–Crippen LogP) is 5.79. The lowest BCUT2D eigenvalue weighted by Gasteiger charge is -2.19. The summed E-state index contributed by atoms with van der Waals surface area (Å²) in [5.74, 6) is -1.37. The van der Waals surface area contributed by atoms with Crippen molar-refractivity contribution in [3.63, 3.8) is 0 Å². The van der Waals surface area contributed by atoms with Gasteiger partial charge in [-0.3, -0.25) is 9.78 Å². The molecule has 0 atom stereocenters. The highest BCUT2D eigenvalue weighted by atomic mass is 19.4. The minimum atomic E-state index is -4.60. The maximum Gasteiger partial charge on any atom is 0.422 e. The highest BCUT2D eigenvalue weighted by Gasteiger charge is 2.33. The topological polar surface area (TPSA) is 66.2 Å². The van der Waals surface area contributed by atoms with E-state index in [4.69, 9.17) is 4.74 Å². The minimum Gasteiger partial charge on any atom is -0.483 e. The van der Waals surface area contributed by atoms with Gasteiger partial charge in [-0.25, -0.2) is 4.39 Å². The van der Waals surface area contributed by atoms with E-state index in [1.54, 1.807) is 38.1 Å². The van der Waals surface area contributed by atoms with Crippen LogP contribution in [0.4, 0.5) is 23.2 Å². The van der Waals surface area contributed by atoms with Crippen molar-refractivity contribution >= 4 is 11.6 Å². The second kappa shape index (κ2) is 8.45. The number of benzene rings is 2. The van der Waals surface area contributed by atoms with E-state index in [1.807, 2.05) is 0 Å². The standard InChI is InChI=1S/C25H19F4N3O2/c1-24(2,13-30)15-3-6-17(7-4-15)32-12-20-18(23(32)33)9-10-31-22(20)19-8-5-16(26)11-21(19)34-14-25(27,28)29/h3-11H,12,14H2,1-2H3. The van der Waals surface area contributed by atoms with Gasteiger partial charge in [-0.2, -0.15) is 18.4 Å². The molecule has 0 bridgehead atoms. The summed E-state index contributed by atoms with van der Waals surface area (Å²) in [6.07, 6.45) is -3.22. The van der Waals surface area contributed by atoms with E-state index in [0.29, 0.717) is 16.8 Å². The summed E-state index contributed by atoms with van der Waals surface area (Å²) in [6.45, 7) is 2.11. The highest BCUT2D eigenvalue weighted by molar-refractivity contribution is 6.11. The summed E-state index contributed by atoms with van der Waals surface area (Å²) in [6, 6.07) is 14.0. The number of amides is 1. The third-order valence-corrected chi connectivity index (χ3v) is 5.62. The molecule has 3 aromatic rings. The van der Waals surface area contributed by atoms with E-state index in [2.05, 4.69) is 11.1 Å². The number of fused-ring (bicyclic) bond motifs is 1. The second-order valence-corrected chi connectivity index (χ2v) is 8.40. The van der Waals surface area contributed by atoms with Crippen molar-refractivity contribution < 1.29 is 27.1 Å². The van der Waals surface area contributed by atoms with Gasteiger partial charge in [0, 0.05) is 34.6 Å². The van der Waals surface area contributed by atoms with Gasteiger partial charge in [-0.15, -0.1) is 0 Å². The van der Waals surface area contributed by atoms with Gasteiger partial charge in [0.05, 0.1) is 23.7 Å².